The van der Waals surface area contributed by atoms with Crippen LogP contribution in [0.3, 0.4) is 0 Å². The number of ether oxygens (including phenoxy) is 1. The van der Waals surface area contributed by atoms with Crippen LogP contribution in [0.2, 0.25) is 0 Å². The van der Waals surface area contributed by atoms with Crippen LogP contribution in [0.4, 0.5) is 4.39 Å². The van der Waals surface area contributed by atoms with E-state index in [9.17, 15) is 9.18 Å². The molecule has 102 valence electrons. The Morgan fingerprint density at radius 2 is 2.00 bits per heavy atom. The lowest BCUT2D eigenvalue weighted by atomic mass is 9.79. The van der Waals surface area contributed by atoms with Crippen molar-refractivity contribution in [3.63, 3.8) is 0 Å². The molecule has 0 heterocycles. The summed E-state index contributed by atoms with van der Waals surface area (Å²) >= 11 is 0. The van der Waals surface area contributed by atoms with Crippen LogP contribution in [0, 0.1) is 18.2 Å². The van der Waals surface area contributed by atoms with Crippen molar-refractivity contribution in [3.8, 4) is 0 Å². The van der Waals surface area contributed by atoms with Gasteiger partial charge >= 0.3 is 5.97 Å². The van der Waals surface area contributed by atoms with E-state index in [4.69, 9.17) is 10.5 Å². The summed E-state index contributed by atoms with van der Waals surface area (Å²) in [6, 6.07) is 4.08. The second-order valence-electron chi connectivity index (χ2n) is 4.65. The zero-order valence-electron chi connectivity index (χ0n) is 11.0. The molecule has 0 saturated carbocycles. The molecule has 0 aliphatic heterocycles. The first-order valence-electron chi connectivity index (χ1n) is 5.41. The predicted octanol–water partition coefficient (Wildman–Crippen LogP) is 2.75. The molecule has 5 heteroatoms. The molecule has 0 amide bonds. The van der Waals surface area contributed by atoms with Crippen molar-refractivity contribution in [2.75, 3.05) is 7.11 Å². The predicted molar refractivity (Wildman–Crippen MR) is 71.1 cm³/mol. The van der Waals surface area contributed by atoms with E-state index in [2.05, 4.69) is 0 Å². The summed E-state index contributed by atoms with van der Waals surface area (Å²) in [5, 5.41) is 0. The van der Waals surface area contributed by atoms with Crippen LogP contribution in [0.15, 0.2) is 18.2 Å². The average Bonchev–Trinajstić information content (AvgIpc) is 2.30. The van der Waals surface area contributed by atoms with Crippen molar-refractivity contribution in [3.05, 3.63) is 35.1 Å². The quantitative estimate of drug-likeness (QED) is 0.863. The Labute approximate surface area is 113 Å². The molecule has 0 spiro atoms. The third-order valence-electron chi connectivity index (χ3n) is 3.13. The first-order valence-corrected chi connectivity index (χ1v) is 5.41. The zero-order chi connectivity index (χ0) is 13.2. The van der Waals surface area contributed by atoms with Crippen molar-refractivity contribution >= 4 is 18.4 Å². The van der Waals surface area contributed by atoms with Crippen molar-refractivity contribution in [1.29, 1.82) is 0 Å². The van der Waals surface area contributed by atoms with Gasteiger partial charge in [-0.1, -0.05) is 12.1 Å². The molecule has 1 atom stereocenters. The van der Waals surface area contributed by atoms with Gasteiger partial charge in [0.1, 0.15) is 5.82 Å². The number of rotatable bonds is 3. The highest BCUT2D eigenvalue weighted by atomic mass is 35.5. The lowest BCUT2D eigenvalue weighted by molar-refractivity contribution is -0.152. The van der Waals surface area contributed by atoms with E-state index in [1.807, 2.05) is 0 Å². The van der Waals surface area contributed by atoms with Crippen molar-refractivity contribution in [2.45, 2.75) is 26.8 Å². The molecule has 0 aliphatic carbocycles. The number of carbonyl (C=O) groups is 1. The Morgan fingerprint density at radius 3 is 2.50 bits per heavy atom. The van der Waals surface area contributed by atoms with E-state index in [-0.39, 0.29) is 18.2 Å². The first-order chi connectivity index (χ1) is 7.82. The lowest BCUT2D eigenvalue weighted by Gasteiger charge is -2.30. The van der Waals surface area contributed by atoms with E-state index < -0.39 is 17.4 Å². The molecule has 0 radical (unpaired) electrons. The fourth-order valence-corrected chi connectivity index (χ4v) is 1.74. The molecule has 18 heavy (non-hydrogen) atoms. The van der Waals surface area contributed by atoms with Crippen LogP contribution in [-0.2, 0) is 9.53 Å². The van der Waals surface area contributed by atoms with Gasteiger partial charge in [-0.2, -0.15) is 0 Å². The molecule has 2 N–H and O–H groups in total. The number of esters is 1. The molecule has 0 saturated heterocycles. The maximum atomic E-state index is 13.4. The summed E-state index contributed by atoms with van der Waals surface area (Å²) in [6.07, 6.45) is 0. The SMILES string of the molecule is COC(=O)C(C)(C)[C@@H](N)c1cccc(F)c1C.Cl. The Bertz CT molecular complexity index is 435. The van der Waals surface area contributed by atoms with Crippen molar-refractivity contribution in [1.82, 2.24) is 0 Å². The van der Waals surface area contributed by atoms with Gasteiger partial charge in [0.25, 0.3) is 0 Å². The number of carbonyl (C=O) groups excluding carboxylic acids is 1. The molecular formula is C13H19ClFNO2. The maximum absolute atomic E-state index is 13.4. The number of methoxy groups -OCH3 is 1. The van der Waals surface area contributed by atoms with Gasteiger partial charge in [-0.3, -0.25) is 4.79 Å². The van der Waals surface area contributed by atoms with Crippen LogP contribution in [0.25, 0.3) is 0 Å². The summed E-state index contributed by atoms with van der Waals surface area (Å²) in [6.45, 7) is 5.03. The lowest BCUT2D eigenvalue weighted by Crippen LogP contribution is -2.37. The Morgan fingerprint density at radius 1 is 1.44 bits per heavy atom. The number of hydrogen-bond donors (Lipinski definition) is 1. The topological polar surface area (TPSA) is 52.3 Å². The standard InChI is InChI=1S/C13H18FNO2.ClH/c1-8-9(6-5-7-10(8)14)11(15)13(2,3)12(16)17-4;/h5-7,11H,15H2,1-4H3;1H/t11-;/m0./s1. The third kappa shape index (κ3) is 3.00. The van der Waals surface area contributed by atoms with Crippen LogP contribution in [-0.4, -0.2) is 13.1 Å². The van der Waals surface area contributed by atoms with Crippen LogP contribution in [0.1, 0.15) is 31.0 Å². The zero-order valence-corrected chi connectivity index (χ0v) is 11.8. The average molecular weight is 276 g/mol. The Balaban J connectivity index is 0.00000289. The van der Waals surface area contributed by atoms with Gasteiger partial charge in [-0.15, -0.1) is 12.4 Å². The molecule has 0 aliphatic rings. The smallest absolute Gasteiger partial charge is 0.313 e. The fourth-order valence-electron chi connectivity index (χ4n) is 1.74. The Hall–Kier alpha value is -1.13. The minimum atomic E-state index is -0.896. The van der Waals surface area contributed by atoms with Crippen LogP contribution in [0.5, 0.6) is 0 Å². The van der Waals surface area contributed by atoms with E-state index in [1.165, 1.54) is 13.2 Å². The highest BCUT2D eigenvalue weighted by molar-refractivity contribution is 5.85. The second kappa shape index (κ2) is 6.16. The molecule has 0 fully saturated rings. The van der Waals surface area contributed by atoms with E-state index in [0.29, 0.717) is 11.1 Å². The molecule has 0 aromatic heterocycles. The second-order valence-corrected chi connectivity index (χ2v) is 4.65. The van der Waals surface area contributed by atoms with Crippen molar-refractivity contribution < 1.29 is 13.9 Å². The number of benzene rings is 1. The Kier molecular flexibility index (Phi) is 5.77. The van der Waals surface area contributed by atoms with Gasteiger partial charge in [0.15, 0.2) is 0 Å². The molecule has 1 aromatic carbocycles. The molecule has 1 rings (SSSR count). The molecular weight excluding hydrogens is 257 g/mol. The van der Waals surface area contributed by atoms with Gasteiger partial charge < -0.3 is 10.5 Å². The number of nitrogens with two attached hydrogens (primary N) is 1. The molecule has 0 bridgehead atoms. The van der Waals surface area contributed by atoms with E-state index >= 15 is 0 Å². The monoisotopic (exact) mass is 275 g/mol. The third-order valence-corrected chi connectivity index (χ3v) is 3.13. The molecule has 1 aromatic rings. The summed E-state index contributed by atoms with van der Waals surface area (Å²) < 4.78 is 18.2. The minimum Gasteiger partial charge on any atom is -0.469 e. The summed E-state index contributed by atoms with van der Waals surface area (Å²) in [4.78, 5) is 11.6. The summed E-state index contributed by atoms with van der Waals surface area (Å²) in [7, 11) is 1.31. The van der Waals surface area contributed by atoms with E-state index in [0.717, 1.165) is 0 Å². The molecule has 0 unspecified atom stereocenters. The van der Waals surface area contributed by atoms with Crippen LogP contribution < -0.4 is 5.73 Å². The summed E-state index contributed by atoms with van der Waals surface area (Å²) in [5.41, 5.74) is 6.25. The summed E-state index contributed by atoms with van der Waals surface area (Å²) in [5.74, 6) is -0.729. The number of hydrogen-bond acceptors (Lipinski definition) is 3. The number of halogens is 2. The first kappa shape index (κ1) is 16.9. The largest absolute Gasteiger partial charge is 0.469 e. The highest BCUT2D eigenvalue weighted by Crippen LogP contribution is 2.34. The normalized spacial score (nSPS) is 12.6. The highest BCUT2D eigenvalue weighted by Gasteiger charge is 2.37. The van der Waals surface area contributed by atoms with Crippen molar-refractivity contribution in [2.24, 2.45) is 11.1 Å². The minimum absolute atomic E-state index is 0. The molecule has 3 nitrogen and oxygen atoms in total. The van der Waals surface area contributed by atoms with E-state index in [1.54, 1.807) is 32.9 Å². The van der Waals surface area contributed by atoms with Gasteiger partial charge in [0.05, 0.1) is 12.5 Å². The van der Waals surface area contributed by atoms with Gasteiger partial charge in [0.2, 0.25) is 0 Å². The fraction of sp³-hybridized carbons (Fsp3) is 0.462. The van der Waals surface area contributed by atoms with Gasteiger partial charge in [-0.25, -0.2) is 4.39 Å². The van der Waals surface area contributed by atoms with Gasteiger partial charge in [0, 0.05) is 6.04 Å². The maximum Gasteiger partial charge on any atom is 0.313 e. The van der Waals surface area contributed by atoms with Crippen LogP contribution >= 0.6 is 12.4 Å². The van der Waals surface area contributed by atoms with Gasteiger partial charge in [-0.05, 0) is 38.0 Å².